The van der Waals surface area contributed by atoms with Crippen molar-refractivity contribution in [1.29, 1.82) is 0 Å². The van der Waals surface area contributed by atoms with Gasteiger partial charge in [-0.15, -0.1) is 0 Å². The van der Waals surface area contributed by atoms with Gasteiger partial charge in [-0.25, -0.2) is 0 Å². The maximum Gasteiger partial charge on any atom is 0.230 e. The average Bonchev–Trinajstić information content (AvgIpc) is 3.03. The topological polar surface area (TPSA) is 96.7 Å². The third-order valence-electron chi connectivity index (χ3n) is 3.87. The Bertz CT molecular complexity index is 1050. The van der Waals surface area contributed by atoms with E-state index in [1.165, 1.54) is 0 Å². The Morgan fingerprint density at radius 3 is 2.96 bits per heavy atom. The van der Waals surface area contributed by atoms with E-state index in [-0.39, 0.29) is 12.3 Å². The number of amides is 1. The lowest BCUT2D eigenvalue weighted by Crippen LogP contribution is -2.15. The first-order valence-electron chi connectivity index (χ1n) is 7.56. The number of carbonyl (C=O) groups excluding carboxylic acids is 1. The first-order valence-corrected chi connectivity index (χ1v) is 7.56. The molecular formula is C18H15N5O. The molecule has 118 valence electrons. The fraction of sp³-hybridized carbons (Fsp3) is 0.0556. The summed E-state index contributed by atoms with van der Waals surface area (Å²) in [6, 6.07) is 15.0. The summed E-state index contributed by atoms with van der Waals surface area (Å²) >= 11 is 0. The Morgan fingerprint density at radius 2 is 2.04 bits per heavy atom. The Morgan fingerprint density at radius 1 is 1.12 bits per heavy atom. The van der Waals surface area contributed by atoms with Gasteiger partial charge in [0.25, 0.3) is 0 Å². The maximum absolute atomic E-state index is 12.3. The van der Waals surface area contributed by atoms with Gasteiger partial charge in [0.05, 0.1) is 35.0 Å². The van der Waals surface area contributed by atoms with E-state index in [0.29, 0.717) is 11.4 Å². The van der Waals surface area contributed by atoms with Crippen LogP contribution in [-0.2, 0) is 11.2 Å². The van der Waals surface area contributed by atoms with Gasteiger partial charge >= 0.3 is 0 Å². The molecule has 0 aliphatic carbocycles. The molecule has 2 heterocycles. The summed E-state index contributed by atoms with van der Waals surface area (Å²) in [6.45, 7) is 0. The van der Waals surface area contributed by atoms with Crippen molar-refractivity contribution in [2.75, 3.05) is 11.1 Å². The lowest BCUT2D eigenvalue weighted by Gasteiger charge is -2.07. The second-order valence-corrected chi connectivity index (χ2v) is 5.62. The fourth-order valence-corrected chi connectivity index (χ4v) is 2.70. The minimum atomic E-state index is -0.126. The highest BCUT2D eigenvalue weighted by Crippen LogP contribution is 2.20. The van der Waals surface area contributed by atoms with Gasteiger partial charge in [0.15, 0.2) is 0 Å². The minimum Gasteiger partial charge on any atom is -0.397 e. The van der Waals surface area contributed by atoms with Gasteiger partial charge in [-0.1, -0.05) is 18.2 Å². The number of pyridine rings is 1. The third-order valence-corrected chi connectivity index (χ3v) is 3.87. The molecule has 0 atom stereocenters. The molecular weight excluding hydrogens is 302 g/mol. The number of aromatic nitrogens is 3. The number of aromatic amines is 1. The summed E-state index contributed by atoms with van der Waals surface area (Å²) in [7, 11) is 0. The first-order chi connectivity index (χ1) is 11.7. The summed E-state index contributed by atoms with van der Waals surface area (Å²) < 4.78 is 0. The van der Waals surface area contributed by atoms with E-state index in [2.05, 4.69) is 20.5 Å². The largest absolute Gasteiger partial charge is 0.397 e. The van der Waals surface area contributed by atoms with E-state index in [1.54, 1.807) is 12.3 Å². The number of H-pyrrole nitrogens is 1. The number of nitrogens with one attached hydrogen (secondary N) is 2. The van der Waals surface area contributed by atoms with Gasteiger partial charge in [-0.3, -0.25) is 14.9 Å². The van der Waals surface area contributed by atoms with Crippen molar-refractivity contribution in [3.8, 4) is 0 Å². The summed E-state index contributed by atoms with van der Waals surface area (Å²) in [5.74, 6) is -0.126. The van der Waals surface area contributed by atoms with E-state index in [0.717, 1.165) is 27.5 Å². The number of rotatable bonds is 3. The first kappa shape index (κ1) is 14.2. The molecule has 0 unspecified atom stereocenters. The van der Waals surface area contributed by atoms with Crippen LogP contribution in [0, 0.1) is 0 Å². The smallest absolute Gasteiger partial charge is 0.230 e. The highest BCUT2D eigenvalue weighted by Gasteiger charge is 2.08. The predicted octanol–water partition coefficient (Wildman–Crippen LogP) is 2.87. The van der Waals surface area contributed by atoms with Crippen molar-refractivity contribution in [3.63, 3.8) is 0 Å². The van der Waals surface area contributed by atoms with Crippen LogP contribution in [0.25, 0.3) is 21.8 Å². The molecule has 24 heavy (non-hydrogen) atoms. The number of para-hydroxylation sites is 1. The molecule has 4 N–H and O–H groups in total. The van der Waals surface area contributed by atoms with Crippen molar-refractivity contribution in [3.05, 3.63) is 60.4 Å². The zero-order valence-corrected chi connectivity index (χ0v) is 12.8. The van der Waals surface area contributed by atoms with Crippen LogP contribution < -0.4 is 11.1 Å². The van der Waals surface area contributed by atoms with Gasteiger partial charge in [0.2, 0.25) is 5.91 Å². The molecule has 1 amide bonds. The lowest BCUT2D eigenvalue weighted by atomic mass is 10.1. The van der Waals surface area contributed by atoms with Crippen LogP contribution in [0.15, 0.2) is 54.7 Å². The number of carbonyl (C=O) groups is 1. The van der Waals surface area contributed by atoms with Crippen molar-refractivity contribution in [1.82, 2.24) is 15.2 Å². The van der Waals surface area contributed by atoms with Crippen LogP contribution in [0.3, 0.4) is 0 Å². The summed E-state index contributed by atoms with van der Waals surface area (Å²) in [4.78, 5) is 16.8. The van der Waals surface area contributed by atoms with Crippen LogP contribution in [0.1, 0.15) is 5.69 Å². The van der Waals surface area contributed by atoms with E-state index in [4.69, 9.17) is 5.73 Å². The average molecular weight is 317 g/mol. The van der Waals surface area contributed by atoms with Gasteiger partial charge in [-0.05, 0) is 30.3 Å². The quantitative estimate of drug-likeness (QED) is 0.506. The maximum atomic E-state index is 12.3. The molecule has 0 saturated heterocycles. The number of anilines is 2. The zero-order chi connectivity index (χ0) is 16.5. The van der Waals surface area contributed by atoms with Crippen molar-refractivity contribution < 1.29 is 4.79 Å². The zero-order valence-electron chi connectivity index (χ0n) is 12.8. The summed E-state index contributed by atoms with van der Waals surface area (Å²) in [5.41, 5.74) is 9.63. The summed E-state index contributed by atoms with van der Waals surface area (Å²) in [5, 5.41) is 11.6. The molecule has 6 heteroatoms. The number of nitrogens with zero attached hydrogens (tertiary/aromatic N) is 2. The molecule has 0 fully saturated rings. The molecule has 0 spiro atoms. The van der Waals surface area contributed by atoms with Gasteiger partial charge in [-0.2, -0.15) is 5.10 Å². The predicted molar refractivity (Wildman–Crippen MR) is 94.6 cm³/mol. The number of hydrogen-bond donors (Lipinski definition) is 3. The second-order valence-electron chi connectivity index (χ2n) is 5.62. The van der Waals surface area contributed by atoms with E-state index in [9.17, 15) is 4.79 Å². The molecule has 4 aromatic rings. The molecule has 6 nitrogen and oxygen atoms in total. The van der Waals surface area contributed by atoms with Crippen molar-refractivity contribution in [2.45, 2.75) is 6.42 Å². The van der Waals surface area contributed by atoms with Crippen LogP contribution >= 0.6 is 0 Å². The molecule has 4 rings (SSSR count). The number of nitrogen functional groups attached to an aromatic ring is 1. The van der Waals surface area contributed by atoms with Crippen LogP contribution in [0.5, 0.6) is 0 Å². The number of benzene rings is 2. The van der Waals surface area contributed by atoms with E-state index in [1.807, 2.05) is 42.5 Å². The number of hydrogen-bond acceptors (Lipinski definition) is 4. The second kappa shape index (κ2) is 5.66. The van der Waals surface area contributed by atoms with Gasteiger partial charge < -0.3 is 11.1 Å². The normalized spacial score (nSPS) is 11.0. The SMILES string of the molecule is Nc1cccc2ccc(CC(=O)Nc3ccc4[nH]ncc4c3)nc12. The lowest BCUT2D eigenvalue weighted by molar-refractivity contribution is -0.115. The molecule has 0 aliphatic heterocycles. The van der Waals surface area contributed by atoms with Gasteiger partial charge in [0.1, 0.15) is 0 Å². The van der Waals surface area contributed by atoms with Crippen molar-refractivity contribution >= 4 is 39.1 Å². The molecule has 0 aliphatic rings. The Labute approximate surface area is 137 Å². The van der Waals surface area contributed by atoms with E-state index < -0.39 is 0 Å². The molecule has 0 bridgehead atoms. The third kappa shape index (κ3) is 2.65. The Hall–Kier alpha value is -3.41. The van der Waals surface area contributed by atoms with Gasteiger partial charge in [0, 0.05) is 16.5 Å². The Kier molecular flexibility index (Phi) is 3.35. The van der Waals surface area contributed by atoms with E-state index >= 15 is 0 Å². The highest BCUT2D eigenvalue weighted by atomic mass is 16.1. The van der Waals surface area contributed by atoms with Crippen LogP contribution in [0.4, 0.5) is 11.4 Å². The fourth-order valence-electron chi connectivity index (χ4n) is 2.70. The molecule has 2 aromatic heterocycles. The van der Waals surface area contributed by atoms with Crippen molar-refractivity contribution in [2.24, 2.45) is 0 Å². The highest BCUT2D eigenvalue weighted by molar-refractivity contribution is 5.95. The molecule has 2 aromatic carbocycles. The summed E-state index contributed by atoms with van der Waals surface area (Å²) in [6.07, 6.45) is 1.91. The number of nitrogens with two attached hydrogens (primary N) is 1. The van der Waals surface area contributed by atoms with Crippen LogP contribution in [0.2, 0.25) is 0 Å². The monoisotopic (exact) mass is 317 g/mol. The Balaban J connectivity index is 1.54. The van der Waals surface area contributed by atoms with Crippen LogP contribution in [-0.4, -0.2) is 21.1 Å². The molecule has 0 saturated carbocycles. The standard InChI is InChI=1S/C18H15N5O/c19-15-3-1-2-11-4-5-14(22-18(11)15)9-17(24)21-13-6-7-16-12(8-13)10-20-23-16/h1-8,10H,9,19H2,(H,20,23)(H,21,24). The molecule has 0 radical (unpaired) electrons. The minimum absolute atomic E-state index is 0.126. The number of fused-ring (bicyclic) bond motifs is 2.